The van der Waals surface area contributed by atoms with Gasteiger partial charge in [-0.25, -0.2) is 9.78 Å². The quantitative estimate of drug-likeness (QED) is 0.376. The van der Waals surface area contributed by atoms with Crippen LogP contribution in [0.15, 0.2) is 23.6 Å². The van der Waals surface area contributed by atoms with Crippen molar-refractivity contribution in [2.45, 2.75) is 63.7 Å². The molecule has 1 aliphatic carbocycles. The van der Waals surface area contributed by atoms with Crippen LogP contribution >= 0.6 is 11.3 Å². The Morgan fingerprint density at radius 1 is 1.05 bits per heavy atom. The van der Waals surface area contributed by atoms with E-state index in [-0.39, 0.29) is 12.5 Å². The van der Waals surface area contributed by atoms with E-state index < -0.39 is 5.97 Å². The Bertz CT molecular complexity index is 1160. The number of piperazine rings is 1. The number of rotatable bonds is 10. The average molecular weight is 584 g/mol. The summed E-state index contributed by atoms with van der Waals surface area (Å²) in [5, 5.41) is 14.6. The molecule has 0 bridgehead atoms. The van der Waals surface area contributed by atoms with Crippen molar-refractivity contribution in [2.75, 3.05) is 64.8 Å². The van der Waals surface area contributed by atoms with Gasteiger partial charge in [-0.2, -0.15) is 0 Å². The third-order valence-corrected chi connectivity index (χ3v) is 9.70. The van der Waals surface area contributed by atoms with Gasteiger partial charge in [0, 0.05) is 56.6 Å². The summed E-state index contributed by atoms with van der Waals surface area (Å²) in [6.07, 6.45) is 9.76. The molecule has 1 aromatic carbocycles. The monoisotopic (exact) mass is 583 g/mol. The van der Waals surface area contributed by atoms with Crippen LogP contribution in [0.1, 0.15) is 69.3 Å². The van der Waals surface area contributed by atoms with Gasteiger partial charge in [0.15, 0.2) is 5.13 Å². The van der Waals surface area contributed by atoms with Crippen LogP contribution in [-0.2, 0) is 4.79 Å². The van der Waals surface area contributed by atoms with Gasteiger partial charge in [-0.1, -0.05) is 25.3 Å². The molecule has 1 saturated carbocycles. The third kappa shape index (κ3) is 8.20. The molecule has 224 valence electrons. The highest BCUT2D eigenvalue weighted by Gasteiger charge is 2.26. The average Bonchev–Trinajstić information content (AvgIpc) is 3.46. The second kappa shape index (κ2) is 14.5. The lowest BCUT2D eigenvalue weighted by molar-refractivity contribution is -0.137. The first-order valence-corrected chi connectivity index (χ1v) is 16.2. The van der Waals surface area contributed by atoms with Crippen LogP contribution in [0.2, 0.25) is 0 Å². The van der Waals surface area contributed by atoms with Gasteiger partial charge >= 0.3 is 12.0 Å². The fourth-order valence-corrected chi connectivity index (χ4v) is 7.40. The minimum absolute atomic E-state index is 0.0873. The van der Waals surface area contributed by atoms with E-state index in [1.807, 2.05) is 10.3 Å². The summed E-state index contributed by atoms with van der Waals surface area (Å²) in [7, 11) is 1.70. The Labute approximate surface area is 247 Å². The van der Waals surface area contributed by atoms with Crippen molar-refractivity contribution >= 4 is 28.5 Å². The van der Waals surface area contributed by atoms with Gasteiger partial charge in [0.05, 0.1) is 12.8 Å². The minimum Gasteiger partial charge on any atom is -0.496 e. The van der Waals surface area contributed by atoms with Crippen molar-refractivity contribution in [1.82, 2.24) is 19.7 Å². The van der Waals surface area contributed by atoms with E-state index in [4.69, 9.17) is 14.8 Å². The highest BCUT2D eigenvalue weighted by molar-refractivity contribution is 7.14. The molecule has 41 heavy (non-hydrogen) atoms. The number of thiazole rings is 1. The number of hydrogen-bond acceptors (Lipinski definition) is 7. The number of aromatic nitrogens is 1. The van der Waals surface area contributed by atoms with Crippen molar-refractivity contribution in [2.24, 2.45) is 5.92 Å². The van der Waals surface area contributed by atoms with Crippen molar-refractivity contribution in [3.8, 4) is 17.0 Å². The maximum absolute atomic E-state index is 13.1. The van der Waals surface area contributed by atoms with Crippen LogP contribution in [0.25, 0.3) is 11.3 Å². The zero-order valence-electron chi connectivity index (χ0n) is 24.4. The number of anilines is 1. The molecule has 10 heteroatoms. The number of piperidine rings is 1. The first-order valence-electron chi connectivity index (χ1n) is 15.3. The number of likely N-dealkylation sites (tertiary alicyclic amines) is 1. The zero-order chi connectivity index (χ0) is 28.6. The number of methoxy groups -OCH3 is 1. The van der Waals surface area contributed by atoms with Crippen LogP contribution in [0, 0.1) is 5.92 Å². The molecule has 0 radical (unpaired) electrons. The van der Waals surface area contributed by atoms with Crippen molar-refractivity contribution in [3.05, 3.63) is 29.1 Å². The van der Waals surface area contributed by atoms with E-state index >= 15 is 0 Å². The third-order valence-electron chi connectivity index (χ3n) is 8.94. The van der Waals surface area contributed by atoms with Gasteiger partial charge in [0.1, 0.15) is 5.75 Å². The summed E-state index contributed by atoms with van der Waals surface area (Å²) in [6, 6.07) is 6.40. The Hall–Kier alpha value is -2.69. The number of nitrogens with one attached hydrogen (secondary N) is 1. The molecule has 1 atom stereocenters. The first-order chi connectivity index (χ1) is 20.0. The topological polar surface area (TPSA) is 98.2 Å². The summed E-state index contributed by atoms with van der Waals surface area (Å²) in [5.41, 5.74) is 3.19. The summed E-state index contributed by atoms with van der Waals surface area (Å²) in [6.45, 7) is 7.18. The van der Waals surface area contributed by atoms with Crippen molar-refractivity contribution < 1.29 is 19.4 Å². The van der Waals surface area contributed by atoms with Gasteiger partial charge in [-0.3, -0.25) is 15.0 Å². The van der Waals surface area contributed by atoms with Gasteiger partial charge in [-0.05, 0) is 74.7 Å². The predicted octanol–water partition coefficient (Wildman–Crippen LogP) is 5.59. The molecule has 3 fully saturated rings. The Morgan fingerprint density at radius 2 is 1.85 bits per heavy atom. The van der Waals surface area contributed by atoms with Gasteiger partial charge in [-0.15, -0.1) is 11.3 Å². The lowest BCUT2D eigenvalue weighted by atomic mass is 9.83. The van der Waals surface area contributed by atoms with E-state index in [0.717, 1.165) is 62.7 Å². The standard InChI is InChI=1S/C31H45N5O4S/c1-40-28-12-11-25(24-8-3-2-4-9-24)19-26(28)27-22-41-30(32-27)33-31(39)36-17-15-35(16-18-36)21-23-7-5-13-34(20-23)14-6-10-29(37)38/h11-12,19,22-24H,2-10,13-18,20-21H2,1H3,(H,37,38)(H,32,33,39)/t23-/m1/s1. The van der Waals surface area contributed by atoms with Crippen LogP contribution in [0.3, 0.4) is 0 Å². The number of benzene rings is 1. The number of ether oxygens (including phenoxy) is 1. The number of hydrogen-bond donors (Lipinski definition) is 2. The first kappa shape index (κ1) is 29.8. The fourth-order valence-electron chi connectivity index (χ4n) is 6.70. The molecule has 2 aromatic rings. The number of urea groups is 1. The maximum Gasteiger partial charge on any atom is 0.323 e. The molecule has 2 saturated heterocycles. The number of carboxylic acid groups (broad SMARTS) is 1. The predicted molar refractivity (Wildman–Crippen MR) is 163 cm³/mol. The molecular weight excluding hydrogens is 538 g/mol. The molecule has 3 aliphatic rings. The molecule has 3 heterocycles. The Morgan fingerprint density at radius 3 is 2.61 bits per heavy atom. The Balaban J connectivity index is 1.10. The molecule has 0 spiro atoms. The summed E-state index contributed by atoms with van der Waals surface area (Å²) >= 11 is 1.46. The zero-order valence-corrected chi connectivity index (χ0v) is 25.2. The number of carbonyl (C=O) groups is 2. The second-order valence-corrected chi connectivity index (χ2v) is 12.7. The SMILES string of the molecule is COc1ccc(C2CCCCC2)cc1-c1csc(NC(=O)N2CCN(C[C@@H]3CCCN(CCCC(=O)O)C3)CC2)n1. The molecule has 5 rings (SSSR count). The number of amides is 2. The van der Waals surface area contributed by atoms with Crippen molar-refractivity contribution in [3.63, 3.8) is 0 Å². The van der Waals surface area contributed by atoms with Crippen molar-refractivity contribution in [1.29, 1.82) is 0 Å². The van der Waals surface area contributed by atoms with E-state index in [0.29, 0.717) is 30.1 Å². The highest BCUT2D eigenvalue weighted by atomic mass is 32.1. The molecule has 0 unspecified atom stereocenters. The molecule has 1 aromatic heterocycles. The Kier molecular flexibility index (Phi) is 10.5. The second-order valence-electron chi connectivity index (χ2n) is 11.9. The summed E-state index contributed by atoms with van der Waals surface area (Å²) in [4.78, 5) is 35.5. The maximum atomic E-state index is 13.1. The van der Waals surface area contributed by atoms with E-state index in [1.54, 1.807) is 7.11 Å². The van der Waals surface area contributed by atoms with Crippen LogP contribution in [0.4, 0.5) is 9.93 Å². The highest BCUT2D eigenvalue weighted by Crippen LogP contribution is 2.38. The van der Waals surface area contributed by atoms with Gasteiger partial charge < -0.3 is 19.6 Å². The van der Waals surface area contributed by atoms with Gasteiger partial charge in [0.25, 0.3) is 0 Å². The van der Waals surface area contributed by atoms with E-state index in [1.165, 1.54) is 61.8 Å². The van der Waals surface area contributed by atoms with E-state index in [9.17, 15) is 9.59 Å². The lowest BCUT2D eigenvalue weighted by Crippen LogP contribution is -2.52. The minimum atomic E-state index is -0.712. The number of nitrogens with zero attached hydrogens (tertiary/aromatic N) is 4. The summed E-state index contributed by atoms with van der Waals surface area (Å²) < 4.78 is 5.66. The normalized spacial score (nSPS) is 21.1. The van der Waals surface area contributed by atoms with Crippen LogP contribution < -0.4 is 10.1 Å². The molecule has 2 amide bonds. The van der Waals surface area contributed by atoms with E-state index in [2.05, 4.69) is 33.3 Å². The largest absolute Gasteiger partial charge is 0.496 e. The molecular formula is C31H45N5O4S. The van der Waals surface area contributed by atoms with Gasteiger partial charge in [0.2, 0.25) is 0 Å². The number of aliphatic carboxylic acids is 1. The smallest absolute Gasteiger partial charge is 0.323 e. The van der Waals surface area contributed by atoms with Crippen LogP contribution in [-0.4, -0.2) is 96.3 Å². The molecule has 2 aliphatic heterocycles. The molecule has 2 N–H and O–H groups in total. The lowest BCUT2D eigenvalue weighted by Gasteiger charge is -2.39. The van der Waals surface area contributed by atoms with Crippen LogP contribution in [0.5, 0.6) is 5.75 Å². The number of carbonyl (C=O) groups excluding carboxylic acids is 1. The molecule has 9 nitrogen and oxygen atoms in total. The summed E-state index contributed by atoms with van der Waals surface area (Å²) in [5.74, 6) is 1.31. The fraction of sp³-hybridized carbons (Fsp3) is 0.645. The number of carboxylic acids is 1.